The van der Waals surface area contributed by atoms with Crippen LogP contribution in [0.5, 0.6) is 0 Å². The minimum atomic E-state index is -0.472. The Balaban J connectivity index is -0.0000000866. The van der Waals surface area contributed by atoms with Gasteiger partial charge in [-0.05, 0) is 28.2 Å². The second-order valence-corrected chi connectivity index (χ2v) is 21.8. The van der Waals surface area contributed by atoms with Crippen LogP contribution >= 0.6 is 75.3 Å². The maximum atomic E-state index is 7.42. The van der Waals surface area contributed by atoms with E-state index in [0.29, 0.717) is 18.4 Å². The monoisotopic (exact) mass is 1460 g/mol. The first-order valence-corrected chi connectivity index (χ1v) is 34.4. The second-order valence-electron chi connectivity index (χ2n) is 8.69. The van der Waals surface area contributed by atoms with Crippen molar-refractivity contribution in [2.75, 3.05) is 47.8 Å². The van der Waals surface area contributed by atoms with Crippen molar-refractivity contribution >= 4 is 75.3 Å². The molecule has 0 unspecified atom stereocenters. The van der Waals surface area contributed by atoms with Crippen LogP contribution in [0.4, 0.5) is 0 Å². The zero-order valence-corrected chi connectivity index (χ0v) is 38.7. The fraction of sp³-hybridized carbons (Fsp3) is 0.870. The van der Waals surface area contributed by atoms with Crippen molar-refractivity contribution in [1.29, 1.82) is 0 Å². The first kappa shape index (κ1) is 57.2. The molecule has 40 heavy (non-hydrogen) atoms. The summed E-state index contributed by atoms with van der Waals surface area (Å²) >= 11 is -1.89. The number of nitrogens with one attached hydrogen (secondary N) is 3. The van der Waals surface area contributed by atoms with Gasteiger partial charge in [0.25, 0.3) is 0 Å². The molecule has 4 atom stereocenters. The summed E-state index contributed by atoms with van der Waals surface area (Å²) in [7, 11) is 47.3. The number of rotatable bonds is 4. The Bertz CT molecular complexity index is 349. The molecule has 3 N–H and O–H groups in total. The minimum absolute atomic E-state index is 0.142. The third-order valence-electron chi connectivity index (χ3n) is 4.99. The average Bonchev–Trinajstić information content (AvgIpc) is 2.89. The second kappa shape index (κ2) is 53.4. The summed E-state index contributed by atoms with van der Waals surface area (Å²) in [5.41, 5.74) is 21.2. The summed E-state index contributed by atoms with van der Waals surface area (Å²) < 4.78 is 0. The molecule has 0 heterocycles. The van der Waals surface area contributed by atoms with Gasteiger partial charge in [0, 0.05) is 13.1 Å². The molecule has 2 fully saturated rings. The van der Waals surface area contributed by atoms with Gasteiger partial charge >= 0.3 is 141 Å². The predicted molar refractivity (Wildman–Crippen MR) is 174 cm³/mol. The number of likely N-dealkylation sites (N-methyl/N-ethyl adjacent to an activating group) is 2. The van der Waals surface area contributed by atoms with Gasteiger partial charge in [0.1, 0.15) is 0 Å². The van der Waals surface area contributed by atoms with Gasteiger partial charge in [0.2, 0.25) is 0 Å². The van der Waals surface area contributed by atoms with E-state index in [-0.39, 0.29) is 12.1 Å². The molecular weight excluding hydrogens is 1410 g/mol. The Morgan fingerprint density at radius 3 is 0.900 bits per heavy atom. The van der Waals surface area contributed by atoms with E-state index in [1.807, 2.05) is 0 Å². The van der Waals surface area contributed by atoms with E-state index in [1.54, 1.807) is 0 Å². The predicted octanol–water partition coefficient (Wildman–Crippen LogP) is 11.7. The van der Waals surface area contributed by atoms with E-state index in [4.69, 9.17) is 92.5 Å². The Morgan fingerprint density at radius 2 is 0.800 bits per heavy atom. The zero-order valence-electron chi connectivity index (χ0n) is 23.6. The quantitative estimate of drug-likeness (QED) is 0.263. The van der Waals surface area contributed by atoms with Gasteiger partial charge in [-0.25, -0.2) is 6.42 Å². The first-order valence-electron chi connectivity index (χ1n) is 11.9. The molecule has 0 saturated heterocycles. The van der Waals surface area contributed by atoms with Gasteiger partial charge in [-0.2, -0.15) is 30.5 Å². The molecular formula is C23H49Cl8N5Pt4+2. The SMILES string of the molecule is CN(C)CCN(C)C.[CH2-]CC[NH-].[CH2-][C@@H]1CCCC[C@@H]1[NH-].[CH2-][C@H]1CCCC[C@@H]1[NH-].[Cl][Pt+2][Cl].[Cl][Pt+2][Cl].[Cl][Pt+2][Cl].[Cl][Pt+2][Cl]. The summed E-state index contributed by atoms with van der Waals surface area (Å²) in [5.74, 6) is 0.840. The van der Waals surface area contributed by atoms with Crippen molar-refractivity contribution in [1.82, 2.24) is 9.80 Å². The van der Waals surface area contributed by atoms with E-state index < -0.39 is 65.9 Å². The summed E-state index contributed by atoms with van der Waals surface area (Å²) in [6.07, 6.45) is 10.3. The van der Waals surface area contributed by atoms with Crippen LogP contribution in [0, 0.1) is 32.6 Å². The standard InChI is InChI=1S/2C7H13N.C6H16N2.C3H7N.8ClH.4Pt/c2*1-6-4-2-3-5-7(6)8;1-7(2)5-6-8(3)4;1-2-3-4;;;;;;;;;;;;/h2*6-8H,1-5H2;5-6H2,1-4H3;4H,1-3H2;8*1H;;;;/q2*-2;;-2;;;;;;;;;4*+4/p-8/t6-,7+;6-,7-;;;;;;;;;;;;;;/m10............../s1. The van der Waals surface area contributed by atoms with Crippen LogP contribution in [-0.2, 0) is 65.9 Å². The fourth-order valence-electron chi connectivity index (χ4n) is 2.82. The first-order chi connectivity index (χ1) is 18.8. The van der Waals surface area contributed by atoms with Crippen LogP contribution < -0.4 is 0 Å². The Morgan fingerprint density at radius 1 is 0.600 bits per heavy atom. The van der Waals surface area contributed by atoms with Gasteiger partial charge in [-0.3, -0.25) is 0 Å². The van der Waals surface area contributed by atoms with Crippen LogP contribution in [0.2, 0.25) is 0 Å². The molecule has 17 heteroatoms. The van der Waals surface area contributed by atoms with Crippen LogP contribution in [0.15, 0.2) is 0 Å². The number of halogens is 8. The Kier molecular flexibility index (Phi) is 76.3. The van der Waals surface area contributed by atoms with E-state index >= 15 is 0 Å². The van der Waals surface area contributed by atoms with E-state index in [1.165, 1.54) is 38.5 Å². The van der Waals surface area contributed by atoms with Gasteiger partial charge in [0.05, 0.1) is 0 Å². The zero-order chi connectivity index (χ0) is 32.8. The van der Waals surface area contributed by atoms with Gasteiger partial charge in [0.15, 0.2) is 0 Å². The van der Waals surface area contributed by atoms with Gasteiger partial charge in [-0.1, -0.05) is 51.4 Å². The van der Waals surface area contributed by atoms with Crippen molar-refractivity contribution < 1.29 is 65.9 Å². The Hall–Kier alpha value is 4.87. The van der Waals surface area contributed by atoms with Crippen molar-refractivity contribution in [2.24, 2.45) is 11.8 Å². The Labute approximate surface area is 314 Å². The third kappa shape index (κ3) is 69.6. The van der Waals surface area contributed by atoms with Crippen molar-refractivity contribution in [2.45, 2.75) is 69.9 Å². The normalized spacial score (nSPS) is 21.1. The summed E-state index contributed by atoms with van der Waals surface area (Å²) in [6.45, 7) is 13.9. The van der Waals surface area contributed by atoms with Crippen LogP contribution in [-0.4, -0.2) is 69.7 Å². The van der Waals surface area contributed by atoms with E-state index in [9.17, 15) is 0 Å². The average molecular weight is 1460 g/mol. The summed E-state index contributed by atoms with van der Waals surface area (Å²) in [5, 5.41) is 0. The maximum absolute atomic E-state index is 7.42. The molecule has 0 aromatic heterocycles. The van der Waals surface area contributed by atoms with Crippen molar-refractivity contribution in [3.05, 3.63) is 38.0 Å². The van der Waals surface area contributed by atoms with E-state index in [2.05, 4.69) is 58.8 Å². The van der Waals surface area contributed by atoms with Crippen LogP contribution in [0.25, 0.3) is 17.2 Å². The van der Waals surface area contributed by atoms with Crippen molar-refractivity contribution in [3.8, 4) is 0 Å². The topological polar surface area (TPSA) is 77.9 Å². The summed E-state index contributed by atoms with van der Waals surface area (Å²) in [6, 6.07) is 0.285. The molecule has 260 valence electrons. The van der Waals surface area contributed by atoms with Crippen LogP contribution in [0.1, 0.15) is 57.8 Å². The molecule has 0 aliphatic heterocycles. The fourth-order valence-corrected chi connectivity index (χ4v) is 2.82. The van der Waals surface area contributed by atoms with Gasteiger partial charge < -0.3 is 47.8 Å². The molecule has 0 spiro atoms. The molecule has 0 aromatic rings. The molecule has 2 aliphatic carbocycles. The third-order valence-corrected chi connectivity index (χ3v) is 4.99. The number of hydrogen-bond donors (Lipinski definition) is 0. The molecule has 0 aromatic carbocycles. The molecule has 2 aliphatic rings. The molecule has 5 nitrogen and oxygen atoms in total. The molecule has 0 radical (unpaired) electrons. The van der Waals surface area contributed by atoms with Crippen molar-refractivity contribution in [3.63, 3.8) is 0 Å². The van der Waals surface area contributed by atoms with Gasteiger partial charge in [-0.15, -0.1) is 0 Å². The number of hydrogen-bond acceptors (Lipinski definition) is 2. The molecule has 2 rings (SSSR count). The van der Waals surface area contributed by atoms with E-state index in [0.717, 1.165) is 32.4 Å². The summed E-state index contributed by atoms with van der Waals surface area (Å²) in [4.78, 5) is 4.36. The van der Waals surface area contributed by atoms with Crippen LogP contribution in [0.3, 0.4) is 0 Å². The molecule has 0 amide bonds. The number of nitrogens with zero attached hydrogens (tertiary/aromatic N) is 2. The molecule has 0 bridgehead atoms. The molecule has 2 saturated carbocycles.